The molecule has 2 aromatic carbocycles. The van der Waals surface area contributed by atoms with Crippen molar-refractivity contribution in [2.24, 2.45) is 5.92 Å². The molecule has 1 atom stereocenters. The standard InChI is InChI=1S/C24H29NO3/c1-6-24(4,5)19-7-9-21(10-8-19)28-23(27)18-14-22(26)25(15-18)20-12-16(2)11-17(3)13-20/h7-13,18H,6,14-15H2,1-5H3/t18-/m0/s1. The van der Waals surface area contributed by atoms with Gasteiger partial charge in [-0.25, -0.2) is 0 Å². The van der Waals surface area contributed by atoms with E-state index < -0.39 is 5.92 Å². The number of esters is 1. The quantitative estimate of drug-likeness (QED) is 0.545. The molecule has 2 aromatic rings. The third kappa shape index (κ3) is 4.27. The minimum absolute atomic E-state index is 0.0352. The molecule has 4 nitrogen and oxygen atoms in total. The van der Waals surface area contributed by atoms with Gasteiger partial charge in [-0.05, 0) is 66.6 Å². The van der Waals surface area contributed by atoms with E-state index in [4.69, 9.17) is 4.74 Å². The van der Waals surface area contributed by atoms with Gasteiger partial charge in [0, 0.05) is 18.7 Å². The Morgan fingerprint density at radius 3 is 2.29 bits per heavy atom. The van der Waals surface area contributed by atoms with Crippen LogP contribution >= 0.6 is 0 Å². The highest BCUT2D eigenvalue weighted by molar-refractivity contribution is 5.99. The van der Waals surface area contributed by atoms with Gasteiger partial charge >= 0.3 is 5.97 Å². The smallest absolute Gasteiger partial charge is 0.316 e. The van der Waals surface area contributed by atoms with Crippen molar-refractivity contribution in [3.8, 4) is 5.75 Å². The third-order valence-corrected chi connectivity index (χ3v) is 5.71. The van der Waals surface area contributed by atoms with Crippen LogP contribution in [0.15, 0.2) is 42.5 Å². The Morgan fingerprint density at radius 2 is 1.71 bits per heavy atom. The van der Waals surface area contributed by atoms with Crippen LogP contribution < -0.4 is 9.64 Å². The van der Waals surface area contributed by atoms with Crippen molar-refractivity contribution in [3.05, 3.63) is 59.2 Å². The van der Waals surface area contributed by atoms with Gasteiger partial charge in [0.1, 0.15) is 5.75 Å². The zero-order chi connectivity index (χ0) is 20.5. The van der Waals surface area contributed by atoms with Crippen LogP contribution in [-0.4, -0.2) is 18.4 Å². The molecular weight excluding hydrogens is 350 g/mol. The summed E-state index contributed by atoms with van der Waals surface area (Å²) >= 11 is 0. The number of nitrogens with zero attached hydrogens (tertiary/aromatic N) is 1. The summed E-state index contributed by atoms with van der Waals surface area (Å²) < 4.78 is 5.56. The van der Waals surface area contributed by atoms with Crippen LogP contribution in [-0.2, 0) is 15.0 Å². The van der Waals surface area contributed by atoms with Crippen molar-refractivity contribution in [2.75, 3.05) is 11.4 Å². The normalized spacial score (nSPS) is 17.1. The van der Waals surface area contributed by atoms with Crippen LogP contribution in [0.25, 0.3) is 0 Å². The molecule has 0 unspecified atom stereocenters. The third-order valence-electron chi connectivity index (χ3n) is 5.71. The van der Waals surface area contributed by atoms with Crippen molar-refractivity contribution in [2.45, 2.75) is 52.9 Å². The van der Waals surface area contributed by atoms with Crippen molar-refractivity contribution in [1.29, 1.82) is 0 Å². The van der Waals surface area contributed by atoms with Gasteiger partial charge in [0.05, 0.1) is 5.92 Å². The van der Waals surface area contributed by atoms with E-state index in [0.29, 0.717) is 12.3 Å². The highest BCUT2D eigenvalue weighted by atomic mass is 16.5. The number of anilines is 1. The highest BCUT2D eigenvalue weighted by Crippen LogP contribution is 2.30. The molecule has 0 saturated carbocycles. The Hall–Kier alpha value is -2.62. The van der Waals surface area contributed by atoms with E-state index in [-0.39, 0.29) is 23.7 Å². The monoisotopic (exact) mass is 379 g/mol. The maximum Gasteiger partial charge on any atom is 0.316 e. The highest BCUT2D eigenvalue weighted by Gasteiger charge is 2.36. The Balaban J connectivity index is 1.68. The second-order valence-corrected chi connectivity index (χ2v) is 8.43. The summed E-state index contributed by atoms with van der Waals surface area (Å²) in [6.45, 7) is 10.9. The molecule has 4 heteroatoms. The molecule has 0 bridgehead atoms. The van der Waals surface area contributed by atoms with Gasteiger partial charge in [-0.2, -0.15) is 0 Å². The largest absolute Gasteiger partial charge is 0.426 e. The first-order chi connectivity index (χ1) is 13.2. The topological polar surface area (TPSA) is 46.6 Å². The molecule has 28 heavy (non-hydrogen) atoms. The fraction of sp³-hybridized carbons (Fsp3) is 0.417. The van der Waals surface area contributed by atoms with Crippen molar-refractivity contribution in [3.63, 3.8) is 0 Å². The lowest BCUT2D eigenvalue weighted by Crippen LogP contribution is -2.27. The zero-order valence-corrected chi connectivity index (χ0v) is 17.4. The summed E-state index contributed by atoms with van der Waals surface area (Å²) in [6, 6.07) is 13.7. The van der Waals surface area contributed by atoms with Crippen molar-refractivity contribution >= 4 is 17.6 Å². The molecule has 1 saturated heterocycles. The summed E-state index contributed by atoms with van der Waals surface area (Å²) in [5, 5.41) is 0. The number of amides is 1. The predicted molar refractivity (Wildman–Crippen MR) is 112 cm³/mol. The summed E-state index contributed by atoms with van der Waals surface area (Å²) in [7, 11) is 0. The van der Waals surface area contributed by atoms with Crippen molar-refractivity contribution in [1.82, 2.24) is 0 Å². The van der Waals surface area contributed by atoms with Crippen LogP contribution in [0, 0.1) is 19.8 Å². The molecular formula is C24H29NO3. The van der Waals surface area contributed by atoms with Gasteiger partial charge in [-0.1, -0.05) is 39.0 Å². The first kappa shape index (κ1) is 20.1. The molecule has 0 spiro atoms. The van der Waals surface area contributed by atoms with Crippen LogP contribution in [0.4, 0.5) is 5.69 Å². The van der Waals surface area contributed by atoms with Gasteiger partial charge in [-0.15, -0.1) is 0 Å². The Bertz CT molecular complexity index is 863. The van der Waals surface area contributed by atoms with Crippen LogP contribution in [0.5, 0.6) is 5.75 Å². The average Bonchev–Trinajstić information content (AvgIpc) is 3.03. The number of carbonyl (C=O) groups excluding carboxylic acids is 2. The number of aryl methyl sites for hydroxylation is 2. The Labute approximate surface area is 167 Å². The lowest BCUT2D eigenvalue weighted by atomic mass is 9.82. The molecule has 0 N–H and O–H groups in total. The molecule has 0 radical (unpaired) electrons. The Kier molecular flexibility index (Phi) is 5.59. The average molecular weight is 380 g/mol. The van der Waals surface area contributed by atoms with E-state index in [1.165, 1.54) is 5.56 Å². The van der Waals surface area contributed by atoms with E-state index in [2.05, 4.69) is 26.8 Å². The second-order valence-electron chi connectivity index (χ2n) is 8.43. The maximum absolute atomic E-state index is 12.6. The molecule has 1 aliphatic heterocycles. The van der Waals surface area contributed by atoms with Gasteiger partial charge < -0.3 is 9.64 Å². The molecule has 1 fully saturated rings. The summed E-state index contributed by atoms with van der Waals surface area (Å²) in [6.07, 6.45) is 1.22. The van der Waals surface area contributed by atoms with E-state index >= 15 is 0 Å². The lowest BCUT2D eigenvalue weighted by Gasteiger charge is -2.23. The number of benzene rings is 2. The van der Waals surface area contributed by atoms with Gasteiger partial charge in [0.15, 0.2) is 0 Å². The molecule has 3 rings (SSSR count). The second kappa shape index (κ2) is 7.78. The lowest BCUT2D eigenvalue weighted by molar-refractivity contribution is -0.139. The minimum Gasteiger partial charge on any atom is -0.426 e. The molecule has 1 aliphatic rings. The molecule has 1 amide bonds. The number of rotatable bonds is 5. The van der Waals surface area contributed by atoms with Gasteiger partial charge in [-0.3, -0.25) is 9.59 Å². The fourth-order valence-electron chi connectivity index (χ4n) is 3.60. The van der Waals surface area contributed by atoms with Crippen LogP contribution in [0.1, 0.15) is 50.3 Å². The first-order valence-corrected chi connectivity index (χ1v) is 9.90. The van der Waals surface area contributed by atoms with Gasteiger partial charge in [0.2, 0.25) is 5.91 Å². The molecule has 148 valence electrons. The summed E-state index contributed by atoms with van der Waals surface area (Å²) in [5.74, 6) is -0.298. The van der Waals surface area contributed by atoms with Crippen LogP contribution in [0.2, 0.25) is 0 Å². The van der Waals surface area contributed by atoms with E-state index in [0.717, 1.165) is 23.2 Å². The molecule has 1 heterocycles. The van der Waals surface area contributed by atoms with E-state index in [1.54, 1.807) is 4.90 Å². The van der Waals surface area contributed by atoms with E-state index in [1.807, 2.05) is 50.2 Å². The van der Waals surface area contributed by atoms with E-state index in [9.17, 15) is 9.59 Å². The number of ether oxygens (including phenoxy) is 1. The van der Waals surface area contributed by atoms with Crippen LogP contribution in [0.3, 0.4) is 0 Å². The summed E-state index contributed by atoms with van der Waals surface area (Å²) in [4.78, 5) is 26.8. The SMILES string of the molecule is CCC(C)(C)c1ccc(OC(=O)[C@H]2CC(=O)N(c3cc(C)cc(C)c3)C2)cc1. The zero-order valence-electron chi connectivity index (χ0n) is 17.4. The number of hydrogen-bond donors (Lipinski definition) is 0. The van der Waals surface area contributed by atoms with Crippen molar-refractivity contribution < 1.29 is 14.3 Å². The first-order valence-electron chi connectivity index (χ1n) is 9.90. The summed E-state index contributed by atoms with van der Waals surface area (Å²) in [5.41, 5.74) is 4.36. The fourth-order valence-corrected chi connectivity index (χ4v) is 3.60. The molecule has 0 aromatic heterocycles. The number of carbonyl (C=O) groups is 2. The number of hydrogen-bond acceptors (Lipinski definition) is 3. The predicted octanol–water partition coefficient (Wildman–Crippen LogP) is 4.95. The van der Waals surface area contributed by atoms with Gasteiger partial charge in [0.25, 0.3) is 0 Å². The minimum atomic E-state index is -0.444. The Morgan fingerprint density at radius 1 is 1.11 bits per heavy atom. The molecule has 0 aliphatic carbocycles. The maximum atomic E-state index is 12.6.